The predicted molar refractivity (Wildman–Crippen MR) is 121 cm³/mol. The van der Waals surface area contributed by atoms with Gasteiger partial charge in [0.1, 0.15) is 5.75 Å². The standard InChI is InChI=1S/C25H28N4O4/c1-31-20-5-2-18(3-6-20)4-7-22(30)29-16-21(25(17-29)10-14-32-15-11-25)24-28-27-23(33-24)19-8-12-26-13-9-19/h2-3,5-6,8-9,12-13,21H,4,7,10-11,14-17H2,1H3. The molecule has 2 saturated heterocycles. The summed E-state index contributed by atoms with van der Waals surface area (Å²) in [6.07, 6.45) is 6.35. The highest BCUT2D eigenvalue weighted by Crippen LogP contribution is 2.49. The van der Waals surface area contributed by atoms with Gasteiger partial charge in [-0.1, -0.05) is 12.1 Å². The molecular formula is C25H28N4O4. The van der Waals surface area contributed by atoms with Gasteiger partial charge in [0.15, 0.2) is 0 Å². The second kappa shape index (κ2) is 9.31. The Morgan fingerprint density at radius 2 is 1.88 bits per heavy atom. The number of pyridine rings is 1. The van der Waals surface area contributed by atoms with Crippen LogP contribution in [0, 0.1) is 5.41 Å². The molecule has 5 rings (SSSR count). The van der Waals surface area contributed by atoms with E-state index in [0.29, 0.717) is 50.9 Å². The Labute approximate surface area is 192 Å². The third kappa shape index (κ3) is 4.48. The Morgan fingerprint density at radius 3 is 2.61 bits per heavy atom. The first kappa shape index (κ1) is 21.6. The summed E-state index contributed by atoms with van der Waals surface area (Å²) < 4.78 is 17.0. The average Bonchev–Trinajstić information content (AvgIpc) is 3.49. The molecule has 2 aromatic heterocycles. The van der Waals surface area contributed by atoms with E-state index < -0.39 is 0 Å². The Bertz CT molecular complexity index is 1080. The first-order chi connectivity index (χ1) is 16.2. The van der Waals surface area contributed by atoms with Crippen LogP contribution in [0.2, 0.25) is 0 Å². The van der Waals surface area contributed by atoms with E-state index in [2.05, 4.69) is 15.2 Å². The number of carbonyl (C=O) groups is 1. The minimum Gasteiger partial charge on any atom is -0.497 e. The van der Waals surface area contributed by atoms with Crippen molar-refractivity contribution in [3.05, 3.63) is 60.2 Å². The van der Waals surface area contributed by atoms with Crippen LogP contribution in [-0.2, 0) is 16.0 Å². The van der Waals surface area contributed by atoms with Crippen LogP contribution in [0.25, 0.3) is 11.5 Å². The Kier molecular flexibility index (Phi) is 6.09. The fourth-order valence-corrected chi connectivity index (χ4v) is 4.97. The monoisotopic (exact) mass is 448 g/mol. The molecule has 8 nitrogen and oxygen atoms in total. The fraction of sp³-hybridized carbons (Fsp3) is 0.440. The molecule has 0 N–H and O–H groups in total. The van der Waals surface area contributed by atoms with Crippen molar-refractivity contribution < 1.29 is 18.7 Å². The van der Waals surface area contributed by atoms with Gasteiger partial charge in [-0.15, -0.1) is 10.2 Å². The molecule has 0 bridgehead atoms. The topological polar surface area (TPSA) is 90.6 Å². The Morgan fingerprint density at radius 1 is 1.12 bits per heavy atom. The number of nitrogens with zero attached hydrogens (tertiary/aromatic N) is 4. The molecule has 172 valence electrons. The van der Waals surface area contributed by atoms with Crippen molar-refractivity contribution >= 4 is 5.91 Å². The Balaban J connectivity index is 1.31. The van der Waals surface area contributed by atoms with E-state index in [9.17, 15) is 4.79 Å². The van der Waals surface area contributed by atoms with E-state index in [-0.39, 0.29) is 17.2 Å². The smallest absolute Gasteiger partial charge is 0.247 e. The molecule has 1 amide bonds. The molecule has 1 spiro atoms. The van der Waals surface area contributed by atoms with Crippen LogP contribution in [0.3, 0.4) is 0 Å². The van der Waals surface area contributed by atoms with Gasteiger partial charge in [-0.3, -0.25) is 9.78 Å². The van der Waals surface area contributed by atoms with Crippen LogP contribution in [0.15, 0.2) is 53.2 Å². The SMILES string of the molecule is COc1ccc(CCC(=O)N2CC(c3nnc(-c4ccncc4)o3)C3(CCOCC3)C2)cc1. The van der Waals surface area contributed by atoms with Gasteiger partial charge in [0.25, 0.3) is 0 Å². The molecule has 1 aromatic carbocycles. The summed E-state index contributed by atoms with van der Waals surface area (Å²) in [4.78, 5) is 19.2. The lowest BCUT2D eigenvalue weighted by atomic mass is 9.72. The number of methoxy groups -OCH3 is 1. The second-order valence-electron chi connectivity index (χ2n) is 8.83. The summed E-state index contributed by atoms with van der Waals surface area (Å²) in [5.74, 6) is 2.08. The van der Waals surface area contributed by atoms with Crippen LogP contribution < -0.4 is 4.74 Å². The van der Waals surface area contributed by atoms with Crippen molar-refractivity contribution in [2.24, 2.45) is 5.41 Å². The summed E-state index contributed by atoms with van der Waals surface area (Å²) in [5.41, 5.74) is 1.88. The number of carbonyl (C=O) groups excluding carboxylic acids is 1. The summed E-state index contributed by atoms with van der Waals surface area (Å²) in [7, 11) is 1.65. The molecule has 2 aliphatic heterocycles. The zero-order chi connectivity index (χ0) is 22.7. The maximum absolute atomic E-state index is 13.2. The maximum Gasteiger partial charge on any atom is 0.247 e. The van der Waals surface area contributed by atoms with Crippen molar-refractivity contribution in [3.63, 3.8) is 0 Å². The van der Waals surface area contributed by atoms with Gasteiger partial charge in [0.05, 0.1) is 13.0 Å². The number of hydrogen-bond donors (Lipinski definition) is 0. The summed E-state index contributed by atoms with van der Waals surface area (Å²) in [5, 5.41) is 8.68. The number of aryl methyl sites for hydroxylation is 1. The van der Waals surface area contributed by atoms with Crippen LogP contribution >= 0.6 is 0 Å². The molecule has 4 heterocycles. The van der Waals surface area contributed by atoms with E-state index in [1.807, 2.05) is 41.3 Å². The summed E-state index contributed by atoms with van der Waals surface area (Å²) >= 11 is 0. The number of ether oxygens (including phenoxy) is 2. The molecule has 2 aliphatic rings. The highest BCUT2D eigenvalue weighted by atomic mass is 16.5. The highest BCUT2D eigenvalue weighted by molar-refractivity contribution is 5.77. The molecule has 2 fully saturated rings. The van der Waals surface area contributed by atoms with Gasteiger partial charge in [-0.2, -0.15) is 0 Å². The van der Waals surface area contributed by atoms with Gasteiger partial charge in [-0.05, 0) is 49.1 Å². The molecule has 3 aromatic rings. The minimum absolute atomic E-state index is 0.00873. The van der Waals surface area contributed by atoms with E-state index in [0.717, 1.165) is 29.7 Å². The number of hydrogen-bond acceptors (Lipinski definition) is 7. The van der Waals surface area contributed by atoms with Crippen molar-refractivity contribution in [2.45, 2.75) is 31.6 Å². The molecule has 0 radical (unpaired) electrons. The lowest BCUT2D eigenvalue weighted by Gasteiger charge is -2.36. The number of amides is 1. The van der Waals surface area contributed by atoms with Crippen LogP contribution in [0.1, 0.15) is 36.6 Å². The molecule has 0 saturated carbocycles. The van der Waals surface area contributed by atoms with E-state index in [1.54, 1.807) is 19.5 Å². The van der Waals surface area contributed by atoms with Crippen LogP contribution in [-0.4, -0.2) is 59.4 Å². The van der Waals surface area contributed by atoms with Gasteiger partial charge in [0.2, 0.25) is 17.7 Å². The Hall–Kier alpha value is -3.26. The van der Waals surface area contributed by atoms with Gasteiger partial charge < -0.3 is 18.8 Å². The van der Waals surface area contributed by atoms with E-state index in [4.69, 9.17) is 13.9 Å². The third-order valence-corrected chi connectivity index (χ3v) is 6.94. The zero-order valence-electron chi connectivity index (χ0n) is 18.8. The molecular weight excluding hydrogens is 420 g/mol. The van der Waals surface area contributed by atoms with Crippen LogP contribution in [0.5, 0.6) is 5.75 Å². The first-order valence-electron chi connectivity index (χ1n) is 11.4. The number of aromatic nitrogens is 3. The second-order valence-corrected chi connectivity index (χ2v) is 8.83. The third-order valence-electron chi connectivity index (χ3n) is 6.94. The summed E-state index contributed by atoms with van der Waals surface area (Å²) in [6.45, 7) is 2.68. The first-order valence-corrected chi connectivity index (χ1v) is 11.4. The maximum atomic E-state index is 13.2. The van der Waals surface area contributed by atoms with Crippen molar-refractivity contribution in [3.8, 4) is 17.2 Å². The van der Waals surface area contributed by atoms with Crippen molar-refractivity contribution in [2.75, 3.05) is 33.4 Å². The van der Waals surface area contributed by atoms with E-state index in [1.165, 1.54) is 0 Å². The zero-order valence-corrected chi connectivity index (χ0v) is 18.8. The normalized spacial score (nSPS) is 19.7. The molecule has 1 atom stereocenters. The largest absolute Gasteiger partial charge is 0.497 e. The van der Waals surface area contributed by atoms with Crippen molar-refractivity contribution in [1.29, 1.82) is 0 Å². The molecule has 8 heteroatoms. The molecule has 0 aliphatic carbocycles. The van der Waals surface area contributed by atoms with Gasteiger partial charge >= 0.3 is 0 Å². The number of likely N-dealkylation sites (tertiary alicyclic amines) is 1. The molecule has 33 heavy (non-hydrogen) atoms. The average molecular weight is 449 g/mol. The highest BCUT2D eigenvalue weighted by Gasteiger charge is 2.51. The number of benzene rings is 1. The minimum atomic E-state index is -0.0872. The lowest BCUT2D eigenvalue weighted by molar-refractivity contribution is -0.130. The fourth-order valence-electron chi connectivity index (χ4n) is 4.97. The number of rotatable bonds is 6. The van der Waals surface area contributed by atoms with Crippen LogP contribution in [0.4, 0.5) is 0 Å². The molecule has 1 unspecified atom stereocenters. The summed E-state index contributed by atoms with van der Waals surface area (Å²) in [6, 6.07) is 11.6. The van der Waals surface area contributed by atoms with Gasteiger partial charge in [0, 0.05) is 56.1 Å². The van der Waals surface area contributed by atoms with E-state index >= 15 is 0 Å². The van der Waals surface area contributed by atoms with Crippen molar-refractivity contribution in [1.82, 2.24) is 20.1 Å². The lowest BCUT2D eigenvalue weighted by Crippen LogP contribution is -2.37. The predicted octanol–water partition coefficient (Wildman–Crippen LogP) is 3.50. The van der Waals surface area contributed by atoms with Gasteiger partial charge in [-0.25, -0.2) is 0 Å². The quantitative estimate of drug-likeness (QED) is 0.570.